The molecule has 0 saturated carbocycles. The molecule has 0 fully saturated rings. The van der Waals surface area contributed by atoms with E-state index < -0.39 is 0 Å². The maximum atomic E-state index is 10.0. The van der Waals surface area contributed by atoms with Crippen LogP contribution in [0.5, 0.6) is 0 Å². The Morgan fingerprint density at radius 1 is 0.565 bits per heavy atom. The molecule has 0 aromatic heterocycles. The monoisotopic (exact) mass is 487 g/mol. The third-order valence-corrected chi connectivity index (χ3v) is 1.24. The summed E-state index contributed by atoms with van der Waals surface area (Å²) in [6.45, 7) is 8.54. The van der Waals surface area contributed by atoms with Crippen molar-refractivity contribution in [3.05, 3.63) is 35.5 Å². The molecule has 23 heavy (non-hydrogen) atoms. The van der Waals surface area contributed by atoms with Crippen molar-refractivity contribution in [2.24, 2.45) is 0 Å². The van der Waals surface area contributed by atoms with Crippen molar-refractivity contribution in [2.45, 2.75) is 41.5 Å². The molecule has 0 aliphatic carbocycles. The summed E-state index contributed by atoms with van der Waals surface area (Å²) < 4.78 is 0. The van der Waals surface area contributed by atoms with Crippen molar-refractivity contribution >= 4 is 17.3 Å². The first-order valence-electron chi connectivity index (χ1n) is 6.02. The first-order chi connectivity index (χ1) is 9.38. The van der Waals surface area contributed by atoms with Gasteiger partial charge in [0.05, 0.1) is 17.3 Å². The number of carbonyl (C=O) groups is 3. The average Bonchev–Trinajstić information content (AvgIpc) is 2.10. The molecule has 0 rings (SSSR count). The molecule has 0 amide bonds. The van der Waals surface area contributed by atoms with Gasteiger partial charge in [-0.25, -0.2) is 0 Å². The topological polar surface area (TPSA) is 143 Å². The van der Waals surface area contributed by atoms with E-state index in [1.54, 1.807) is 0 Å². The van der Waals surface area contributed by atoms with Gasteiger partial charge in [-0.2, -0.15) is 0 Å². The van der Waals surface area contributed by atoms with Crippen LogP contribution in [0.1, 0.15) is 41.5 Å². The van der Waals surface area contributed by atoms with Crippen molar-refractivity contribution in [3.8, 4) is 0 Å². The molecule has 0 spiro atoms. The van der Waals surface area contributed by atoms with Gasteiger partial charge >= 0.3 is 0 Å². The van der Waals surface area contributed by atoms with Gasteiger partial charge in [-0.05, 0) is 41.5 Å². The summed E-state index contributed by atoms with van der Waals surface area (Å²) >= 11 is 0. The number of allylic oxidation sites excluding steroid dienone is 6. The van der Waals surface area contributed by atoms with Crippen molar-refractivity contribution < 1.29 is 72.1 Å². The van der Waals surface area contributed by atoms with Crippen molar-refractivity contribution in [2.75, 3.05) is 0 Å². The number of ketones is 3. The zero-order valence-corrected chi connectivity index (χ0v) is 15.9. The van der Waals surface area contributed by atoms with Crippen LogP contribution in [-0.4, -0.2) is 38.1 Å². The van der Waals surface area contributed by atoms with E-state index in [1.807, 2.05) is 0 Å². The van der Waals surface area contributed by atoms with E-state index >= 15 is 0 Å². The van der Waals surface area contributed by atoms with Crippen LogP contribution in [0.25, 0.3) is 0 Å². The summed E-state index contributed by atoms with van der Waals surface area (Å²) in [6.07, 6.45) is 3.50. The molecule has 0 bridgehead atoms. The standard InChI is InChI=1S/3C5H8O2.H2O.Tm/c3*1-4(6)3-5(2)7;;/h3*3,6H,1-2H3;1H2;. The van der Waals surface area contributed by atoms with Crippen LogP contribution in [0.15, 0.2) is 35.5 Å². The summed E-state index contributed by atoms with van der Waals surface area (Å²) in [6, 6.07) is 0. The van der Waals surface area contributed by atoms with Crippen LogP contribution in [-0.2, 0) is 14.4 Å². The first kappa shape index (κ1) is 33.4. The molecule has 0 atom stereocenters. The Kier molecular flexibility index (Phi) is 30.3. The second-order valence-corrected chi connectivity index (χ2v) is 4.19. The third-order valence-electron chi connectivity index (χ3n) is 1.24. The molecule has 0 unspecified atom stereocenters. The number of aliphatic hydroxyl groups is 3. The Morgan fingerprint density at radius 3 is 0.696 bits per heavy atom. The second-order valence-electron chi connectivity index (χ2n) is 4.19. The summed E-state index contributed by atoms with van der Waals surface area (Å²) in [5, 5.41) is 25.1. The largest absolute Gasteiger partial charge is 0.512 e. The van der Waals surface area contributed by atoms with Gasteiger partial charge in [0.15, 0.2) is 17.3 Å². The van der Waals surface area contributed by atoms with E-state index in [0.29, 0.717) is 0 Å². The Labute approximate surface area is 165 Å². The molecule has 0 aromatic rings. The maximum absolute atomic E-state index is 10.0. The summed E-state index contributed by atoms with van der Waals surface area (Å²) in [4.78, 5) is 30.1. The molecule has 8 heteroatoms. The molecule has 0 aliphatic heterocycles. The Morgan fingerprint density at radius 2 is 0.696 bits per heavy atom. The average molecular weight is 487 g/mol. The van der Waals surface area contributed by atoms with Gasteiger partial charge in [-0.15, -0.1) is 0 Å². The van der Waals surface area contributed by atoms with Crippen LogP contribution in [0, 0.1) is 36.9 Å². The third kappa shape index (κ3) is 63.0. The smallest absolute Gasteiger partial charge is 0.155 e. The number of hydrogen-bond donors (Lipinski definition) is 3. The Hall–Kier alpha value is -1.18. The predicted octanol–water partition coefficient (Wildman–Crippen LogP) is 2.29. The minimum Gasteiger partial charge on any atom is -0.512 e. The second kappa shape index (κ2) is 20.8. The Bertz CT molecular complexity index is 370. The van der Waals surface area contributed by atoms with Gasteiger partial charge in [0, 0.05) is 55.1 Å². The summed E-state index contributed by atoms with van der Waals surface area (Å²) in [7, 11) is 0. The quantitative estimate of drug-likeness (QED) is 0.412. The van der Waals surface area contributed by atoms with Crippen molar-refractivity contribution in [1.29, 1.82) is 0 Å². The molecule has 0 aromatic carbocycles. The summed E-state index contributed by atoms with van der Waals surface area (Å²) in [5.41, 5.74) is 0. The molecule has 5 N–H and O–H groups in total. The Balaban J connectivity index is -0.0000000675. The predicted molar refractivity (Wildman–Crippen MR) is 84.8 cm³/mol. The van der Waals surface area contributed by atoms with Crippen molar-refractivity contribution in [3.63, 3.8) is 0 Å². The molecule has 0 heterocycles. The molecule has 141 valence electrons. The molecule has 1 radical (unpaired) electrons. The van der Waals surface area contributed by atoms with Gasteiger partial charge in [-0.3, -0.25) is 14.4 Å². The van der Waals surface area contributed by atoms with Gasteiger partial charge in [0.1, 0.15) is 0 Å². The van der Waals surface area contributed by atoms with Crippen LogP contribution in [0.2, 0.25) is 0 Å². The van der Waals surface area contributed by atoms with Gasteiger partial charge in [0.2, 0.25) is 0 Å². The SMILES string of the molecule is CC(=O)C=C(C)O.CC(=O)C=C(C)O.CC(=O)C=C(C)O.O.[Tm]. The van der Waals surface area contributed by atoms with Crippen LogP contribution < -0.4 is 0 Å². The fourth-order valence-corrected chi connectivity index (χ4v) is 0.882. The molecule has 0 saturated heterocycles. The summed E-state index contributed by atoms with van der Waals surface area (Å²) in [5.74, 6) is -0.187. The zero-order valence-electron chi connectivity index (χ0n) is 14.1. The molecular formula is C15H26O7Tm. The van der Waals surface area contributed by atoms with E-state index in [0.717, 1.165) is 0 Å². The van der Waals surface area contributed by atoms with Gasteiger partial charge in [0.25, 0.3) is 0 Å². The van der Waals surface area contributed by atoms with E-state index in [9.17, 15) is 14.4 Å². The normalized spacial score (nSPS) is 10.4. The minimum absolute atomic E-state index is 0. The number of rotatable bonds is 3. The van der Waals surface area contributed by atoms with Crippen LogP contribution >= 0.6 is 0 Å². The van der Waals surface area contributed by atoms with Crippen LogP contribution in [0.4, 0.5) is 0 Å². The van der Waals surface area contributed by atoms with Crippen LogP contribution in [0.3, 0.4) is 0 Å². The van der Waals surface area contributed by atoms with E-state index in [1.165, 1.54) is 59.8 Å². The fraction of sp³-hybridized carbons (Fsp3) is 0.400. The van der Waals surface area contributed by atoms with Gasteiger partial charge in [-0.1, -0.05) is 0 Å². The van der Waals surface area contributed by atoms with Crippen molar-refractivity contribution in [1.82, 2.24) is 0 Å². The molecule has 0 aliphatic rings. The maximum Gasteiger partial charge on any atom is 0.155 e. The fourth-order valence-electron chi connectivity index (χ4n) is 0.882. The molecular weight excluding hydrogens is 461 g/mol. The first-order valence-corrected chi connectivity index (χ1v) is 6.02. The zero-order chi connectivity index (χ0) is 17.6. The van der Waals surface area contributed by atoms with Gasteiger partial charge < -0.3 is 20.8 Å². The number of aliphatic hydroxyl groups excluding tert-OH is 3. The minimum atomic E-state index is -0.125. The van der Waals surface area contributed by atoms with E-state index in [2.05, 4.69) is 0 Å². The number of hydrogen-bond acceptors (Lipinski definition) is 6. The van der Waals surface area contributed by atoms with E-state index in [-0.39, 0.29) is 77.0 Å². The van der Waals surface area contributed by atoms with E-state index in [4.69, 9.17) is 15.3 Å². The number of carbonyl (C=O) groups excluding carboxylic acids is 3. The molecule has 7 nitrogen and oxygen atoms in total.